The first-order valence-corrected chi connectivity index (χ1v) is 7.73. The van der Waals surface area contributed by atoms with Crippen LogP contribution in [0.15, 0.2) is 12.2 Å². The highest BCUT2D eigenvalue weighted by molar-refractivity contribution is 9.09. The summed E-state index contributed by atoms with van der Waals surface area (Å²) in [4.78, 5) is 24.5. The number of carbonyl (C=O) groups excluding carboxylic acids is 2. The van der Waals surface area contributed by atoms with Crippen molar-refractivity contribution in [3.05, 3.63) is 12.2 Å². The molecule has 1 aliphatic rings. The summed E-state index contributed by atoms with van der Waals surface area (Å²) in [7, 11) is 0. The highest BCUT2D eigenvalue weighted by Gasteiger charge is 2.43. The standard InChI is InChI=1S/C14H21BrO3/c1-2-18-13(17)14(10-7-11-15)9-6-4-3-5-8-12(14)16/h7,10H,2-6,8-9,11H2,1H3/b10-7+. The van der Waals surface area contributed by atoms with Crippen molar-refractivity contribution in [2.45, 2.75) is 45.4 Å². The molecule has 1 unspecified atom stereocenters. The summed E-state index contributed by atoms with van der Waals surface area (Å²) in [6, 6.07) is 0. The molecule has 0 heterocycles. The average Bonchev–Trinajstić information content (AvgIpc) is 2.34. The van der Waals surface area contributed by atoms with Crippen molar-refractivity contribution in [1.29, 1.82) is 0 Å². The van der Waals surface area contributed by atoms with E-state index in [1.807, 2.05) is 6.08 Å². The van der Waals surface area contributed by atoms with Crippen molar-refractivity contribution < 1.29 is 14.3 Å². The average molecular weight is 317 g/mol. The zero-order chi connectivity index (χ0) is 13.4. The Morgan fingerprint density at radius 1 is 1.39 bits per heavy atom. The van der Waals surface area contributed by atoms with Crippen LogP contribution in [0.1, 0.15) is 45.4 Å². The molecule has 102 valence electrons. The van der Waals surface area contributed by atoms with Gasteiger partial charge in [-0.15, -0.1) is 0 Å². The zero-order valence-corrected chi connectivity index (χ0v) is 12.5. The minimum atomic E-state index is -1.04. The Hall–Kier alpha value is -0.640. The number of halogens is 1. The van der Waals surface area contributed by atoms with E-state index in [-0.39, 0.29) is 11.8 Å². The number of esters is 1. The molecule has 0 radical (unpaired) electrons. The molecule has 3 nitrogen and oxygen atoms in total. The second-order valence-corrected chi connectivity index (χ2v) is 5.23. The van der Waals surface area contributed by atoms with E-state index in [0.29, 0.717) is 24.8 Å². The van der Waals surface area contributed by atoms with Crippen LogP contribution in [0.25, 0.3) is 0 Å². The van der Waals surface area contributed by atoms with Gasteiger partial charge in [0.15, 0.2) is 5.78 Å². The number of hydrogen-bond donors (Lipinski definition) is 0. The number of ketones is 1. The van der Waals surface area contributed by atoms with Crippen molar-refractivity contribution >= 4 is 27.7 Å². The Balaban J connectivity index is 3.00. The molecule has 1 rings (SSSR count). The van der Waals surface area contributed by atoms with Crippen LogP contribution < -0.4 is 0 Å². The monoisotopic (exact) mass is 316 g/mol. The molecule has 0 saturated heterocycles. The second-order valence-electron chi connectivity index (χ2n) is 4.59. The Kier molecular flexibility index (Phi) is 6.61. The molecule has 0 aliphatic heterocycles. The molecule has 0 aromatic heterocycles. The lowest BCUT2D eigenvalue weighted by Gasteiger charge is -2.28. The van der Waals surface area contributed by atoms with Gasteiger partial charge in [-0.05, 0) is 19.8 Å². The molecule has 4 heteroatoms. The maximum atomic E-state index is 12.3. The smallest absolute Gasteiger partial charge is 0.323 e. The predicted octanol–water partition coefficient (Wildman–Crippen LogP) is 3.41. The third kappa shape index (κ3) is 3.67. The van der Waals surface area contributed by atoms with Gasteiger partial charge in [-0.25, -0.2) is 0 Å². The Morgan fingerprint density at radius 2 is 2.11 bits per heavy atom. The van der Waals surface area contributed by atoms with Crippen LogP contribution in [0, 0.1) is 5.41 Å². The summed E-state index contributed by atoms with van der Waals surface area (Å²) < 4.78 is 5.12. The van der Waals surface area contributed by atoms with Gasteiger partial charge in [0.25, 0.3) is 0 Å². The van der Waals surface area contributed by atoms with Gasteiger partial charge in [0, 0.05) is 11.8 Å². The highest BCUT2D eigenvalue weighted by atomic mass is 79.9. The van der Waals surface area contributed by atoms with Gasteiger partial charge >= 0.3 is 5.97 Å². The Bertz CT molecular complexity index is 315. The third-order valence-corrected chi connectivity index (χ3v) is 3.73. The SMILES string of the molecule is CCOC(=O)C1(/C=C/CBr)CCCCCCC1=O. The first kappa shape index (κ1) is 15.4. The van der Waals surface area contributed by atoms with Crippen molar-refractivity contribution in [1.82, 2.24) is 0 Å². The summed E-state index contributed by atoms with van der Waals surface area (Å²) in [6.45, 7) is 2.09. The normalized spacial score (nSPS) is 25.8. The van der Waals surface area contributed by atoms with E-state index in [0.717, 1.165) is 25.7 Å². The first-order chi connectivity index (χ1) is 8.67. The summed E-state index contributed by atoms with van der Waals surface area (Å²) in [5.41, 5.74) is -1.04. The van der Waals surface area contributed by atoms with Crippen molar-refractivity contribution in [2.24, 2.45) is 5.41 Å². The first-order valence-electron chi connectivity index (χ1n) is 6.61. The van der Waals surface area contributed by atoms with Crippen molar-refractivity contribution in [2.75, 3.05) is 11.9 Å². The molecule has 1 atom stereocenters. The van der Waals surface area contributed by atoms with E-state index in [9.17, 15) is 9.59 Å². The number of hydrogen-bond acceptors (Lipinski definition) is 3. The van der Waals surface area contributed by atoms with Gasteiger partial charge in [-0.3, -0.25) is 9.59 Å². The summed E-state index contributed by atoms with van der Waals surface area (Å²) in [5, 5.41) is 0.640. The van der Waals surface area contributed by atoms with E-state index < -0.39 is 5.41 Å². The fourth-order valence-electron chi connectivity index (χ4n) is 2.37. The van der Waals surface area contributed by atoms with Crippen LogP contribution in [0.3, 0.4) is 0 Å². The molecular weight excluding hydrogens is 296 g/mol. The van der Waals surface area contributed by atoms with Crippen LogP contribution in [-0.2, 0) is 14.3 Å². The number of allylic oxidation sites excluding steroid dienone is 1. The molecule has 0 aromatic rings. The van der Waals surface area contributed by atoms with E-state index >= 15 is 0 Å². The summed E-state index contributed by atoms with van der Waals surface area (Å²) >= 11 is 3.29. The highest BCUT2D eigenvalue weighted by Crippen LogP contribution is 2.34. The van der Waals surface area contributed by atoms with E-state index in [1.165, 1.54) is 0 Å². The zero-order valence-electron chi connectivity index (χ0n) is 10.9. The van der Waals surface area contributed by atoms with Crippen molar-refractivity contribution in [3.63, 3.8) is 0 Å². The van der Waals surface area contributed by atoms with Gasteiger partial charge in [0.05, 0.1) is 6.61 Å². The van der Waals surface area contributed by atoms with E-state index in [2.05, 4.69) is 15.9 Å². The molecule has 1 aliphatic carbocycles. The van der Waals surface area contributed by atoms with Crippen LogP contribution in [0.2, 0.25) is 0 Å². The number of Topliss-reactive ketones (excluding diaryl/α,β-unsaturated/α-hetero) is 1. The van der Waals surface area contributed by atoms with Gasteiger partial charge in [-0.2, -0.15) is 0 Å². The van der Waals surface area contributed by atoms with Crippen LogP contribution in [0.5, 0.6) is 0 Å². The largest absolute Gasteiger partial charge is 0.465 e. The molecule has 0 N–H and O–H groups in total. The van der Waals surface area contributed by atoms with E-state index in [4.69, 9.17) is 4.74 Å². The molecule has 18 heavy (non-hydrogen) atoms. The van der Waals surface area contributed by atoms with Crippen LogP contribution >= 0.6 is 15.9 Å². The summed E-state index contributed by atoms with van der Waals surface area (Å²) in [5.74, 6) is -0.369. The molecule has 0 spiro atoms. The molecule has 1 fully saturated rings. The number of alkyl halides is 1. The molecule has 0 bridgehead atoms. The lowest BCUT2D eigenvalue weighted by atomic mass is 9.75. The third-order valence-electron chi connectivity index (χ3n) is 3.35. The fraction of sp³-hybridized carbons (Fsp3) is 0.714. The Morgan fingerprint density at radius 3 is 2.78 bits per heavy atom. The molecule has 0 aromatic carbocycles. The minimum absolute atomic E-state index is 0.0119. The van der Waals surface area contributed by atoms with Crippen molar-refractivity contribution in [3.8, 4) is 0 Å². The lowest BCUT2D eigenvalue weighted by molar-refractivity contribution is -0.157. The quantitative estimate of drug-likeness (QED) is 0.345. The van der Waals surface area contributed by atoms with Crippen LogP contribution in [-0.4, -0.2) is 23.7 Å². The topological polar surface area (TPSA) is 43.4 Å². The van der Waals surface area contributed by atoms with Crippen LogP contribution in [0.4, 0.5) is 0 Å². The minimum Gasteiger partial charge on any atom is -0.465 e. The molecular formula is C14H21BrO3. The van der Waals surface area contributed by atoms with E-state index in [1.54, 1.807) is 13.0 Å². The molecule has 1 saturated carbocycles. The maximum Gasteiger partial charge on any atom is 0.323 e. The Labute approximate surface area is 117 Å². The fourth-order valence-corrected chi connectivity index (χ4v) is 2.56. The number of carbonyl (C=O) groups is 2. The number of rotatable bonds is 4. The predicted molar refractivity (Wildman–Crippen MR) is 74.7 cm³/mol. The number of ether oxygens (including phenoxy) is 1. The van der Waals surface area contributed by atoms with Gasteiger partial charge < -0.3 is 4.74 Å². The second kappa shape index (κ2) is 7.72. The maximum absolute atomic E-state index is 12.3. The lowest BCUT2D eigenvalue weighted by Crippen LogP contribution is -2.40. The van der Waals surface area contributed by atoms with Gasteiger partial charge in [0.1, 0.15) is 5.41 Å². The van der Waals surface area contributed by atoms with Gasteiger partial charge in [0.2, 0.25) is 0 Å². The molecule has 0 amide bonds. The van der Waals surface area contributed by atoms with Gasteiger partial charge in [-0.1, -0.05) is 47.3 Å². The summed E-state index contributed by atoms with van der Waals surface area (Å²) in [6.07, 6.45) is 8.56.